The van der Waals surface area contributed by atoms with Gasteiger partial charge >= 0.3 is 0 Å². The predicted molar refractivity (Wildman–Crippen MR) is 66.2 cm³/mol. The predicted octanol–water partition coefficient (Wildman–Crippen LogP) is 2.45. The van der Waals surface area contributed by atoms with Gasteiger partial charge in [-0.1, -0.05) is 13.3 Å². The maximum atomic E-state index is 8.92. The lowest BCUT2D eigenvalue weighted by molar-refractivity contribution is 0.537. The number of aromatic nitrogens is 1. The van der Waals surface area contributed by atoms with E-state index < -0.39 is 0 Å². The van der Waals surface area contributed by atoms with Crippen molar-refractivity contribution >= 4 is 22.4 Å². The molecule has 5 heteroatoms. The maximum Gasteiger partial charge on any atom is 0.157 e. The Hall–Kier alpha value is -1.28. The van der Waals surface area contributed by atoms with E-state index in [9.17, 15) is 0 Å². The van der Waals surface area contributed by atoms with Crippen LogP contribution in [0, 0.1) is 23.2 Å². The number of hydrogen-bond acceptors (Lipinski definition) is 5. The standard InChI is InChI=1S/C11H16N4S/c1-7-2-3-8(4-7)6-14-11-9(5-12)10(13)15-16-11/h7-8,14H,2-4,6H2,1H3,(H2,13,15). The van der Waals surface area contributed by atoms with E-state index in [0.29, 0.717) is 11.4 Å². The van der Waals surface area contributed by atoms with Crippen molar-refractivity contribution in [3.63, 3.8) is 0 Å². The minimum atomic E-state index is 0.342. The average molecular weight is 236 g/mol. The molecule has 0 radical (unpaired) electrons. The van der Waals surface area contributed by atoms with E-state index in [2.05, 4.69) is 22.7 Å². The number of nitrogens with one attached hydrogen (secondary N) is 1. The van der Waals surface area contributed by atoms with Crippen LogP contribution in [0.1, 0.15) is 31.7 Å². The summed E-state index contributed by atoms with van der Waals surface area (Å²) >= 11 is 1.28. The van der Waals surface area contributed by atoms with Gasteiger partial charge in [0.1, 0.15) is 16.6 Å². The molecule has 3 N–H and O–H groups in total. The summed E-state index contributed by atoms with van der Waals surface area (Å²) in [6.45, 7) is 3.23. The number of nitrogens with two attached hydrogens (primary N) is 1. The Bertz CT molecular complexity index is 407. The average Bonchev–Trinajstić information content (AvgIpc) is 2.82. The summed E-state index contributed by atoms with van der Waals surface area (Å²) in [7, 11) is 0. The Morgan fingerprint density at radius 3 is 3.06 bits per heavy atom. The first-order valence-electron chi connectivity index (χ1n) is 5.59. The summed E-state index contributed by atoms with van der Waals surface area (Å²) in [5.41, 5.74) is 6.09. The van der Waals surface area contributed by atoms with Crippen LogP contribution in [-0.4, -0.2) is 10.9 Å². The van der Waals surface area contributed by atoms with E-state index in [1.807, 2.05) is 0 Å². The summed E-state index contributed by atoms with van der Waals surface area (Å²) < 4.78 is 3.98. The summed E-state index contributed by atoms with van der Waals surface area (Å²) in [6, 6.07) is 2.09. The van der Waals surface area contributed by atoms with Crippen molar-refractivity contribution in [1.82, 2.24) is 4.37 Å². The molecule has 2 rings (SSSR count). The van der Waals surface area contributed by atoms with Crippen LogP contribution in [0.4, 0.5) is 10.8 Å². The Labute approximate surface area is 99.6 Å². The fourth-order valence-electron chi connectivity index (χ4n) is 2.28. The van der Waals surface area contributed by atoms with Crippen LogP contribution in [0.5, 0.6) is 0 Å². The second-order valence-corrected chi connectivity index (χ2v) is 5.32. The number of nitriles is 1. The molecule has 1 aliphatic carbocycles. The third-order valence-corrected chi connectivity index (χ3v) is 4.00. The number of anilines is 2. The Kier molecular flexibility index (Phi) is 3.30. The van der Waals surface area contributed by atoms with Crippen molar-refractivity contribution in [3.05, 3.63) is 5.56 Å². The fraction of sp³-hybridized carbons (Fsp3) is 0.636. The topological polar surface area (TPSA) is 74.7 Å². The zero-order valence-corrected chi connectivity index (χ0v) is 10.2. The molecule has 2 unspecified atom stereocenters. The van der Waals surface area contributed by atoms with Gasteiger partial charge in [-0.15, -0.1) is 0 Å². The van der Waals surface area contributed by atoms with Crippen LogP contribution in [0.2, 0.25) is 0 Å². The molecule has 1 fully saturated rings. The first-order chi connectivity index (χ1) is 7.70. The quantitative estimate of drug-likeness (QED) is 0.845. The zero-order chi connectivity index (χ0) is 11.5. The van der Waals surface area contributed by atoms with Crippen molar-refractivity contribution in [2.24, 2.45) is 11.8 Å². The Balaban J connectivity index is 1.92. The lowest BCUT2D eigenvalue weighted by atomic mass is 10.1. The van der Waals surface area contributed by atoms with Crippen LogP contribution >= 0.6 is 11.5 Å². The molecule has 16 heavy (non-hydrogen) atoms. The highest BCUT2D eigenvalue weighted by Gasteiger charge is 2.21. The van der Waals surface area contributed by atoms with Gasteiger partial charge in [-0.25, -0.2) is 0 Å². The fourth-order valence-corrected chi connectivity index (χ4v) is 2.95. The highest BCUT2D eigenvalue weighted by atomic mass is 32.1. The van der Waals surface area contributed by atoms with Crippen molar-refractivity contribution in [2.45, 2.75) is 26.2 Å². The van der Waals surface area contributed by atoms with E-state index >= 15 is 0 Å². The maximum absolute atomic E-state index is 8.92. The van der Waals surface area contributed by atoms with E-state index in [1.165, 1.54) is 30.8 Å². The molecule has 0 bridgehead atoms. The van der Waals surface area contributed by atoms with Crippen LogP contribution in [0.3, 0.4) is 0 Å². The number of hydrogen-bond donors (Lipinski definition) is 2. The largest absolute Gasteiger partial charge is 0.382 e. The molecule has 0 saturated heterocycles. The molecule has 0 aliphatic heterocycles. The number of nitrogens with zero attached hydrogens (tertiary/aromatic N) is 2. The van der Waals surface area contributed by atoms with Gasteiger partial charge in [-0.3, -0.25) is 0 Å². The minimum Gasteiger partial charge on any atom is -0.382 e. The summed E-state index contributed by atoms with van der Waals surface area (Å²) in [6.07, 6.45) is 3.88. The van der Waals surface area contributed by atoms with Gasteiger partial charge in [0.2, 0.25) is 0 Å². The summed E-state index contributed by atoms with van der Waals surface area (Å²) in [4.78, 5) is 0. The molecule has 1 aromatic heterocycles. The SMILES string of the molecule is CC1CCC(CNc2snc(N)c2C#N)C1. The molecule has 1 aliphatic rings. The summed E-state index contributed by atoms with van der Waals surface area (Å²) in [5.74, 6) is 1.91. The third kappa shape index (κ3) is 2.27. The second kappa shape index (κ2) is 4.71. The van der Waals surface area contributed by atoms with E-state index in [1.54, 1.807) is 0 Å². The molecule has 0 amide bonds. The van der Waals surface area contributed by atoms with Crippen molar-refractivity contribution in [3.8, 4) is 6.07 Å². The van der Waals surface area contributed by atoms with Crippen LogP contribution in [0.25, 0.3) is 0 Å². The first-order valence-corrected chi connectivity index (χ1v) is 6.37. The monoisotopic (exact) mass is 236 g/mol. The van der Waals surface area contributed by atoms with Crippen LogP contribution in [-0.2, 0) is 0 Å². The molecule has 86 valence electrons. The first kappa shape index (κ1) is 11.2. The minimum absolute atomic E-state index is 0.342. The third-order valence-electron chi connectivity index (χ3n) is 3.18. The molecule has 0 spiro atoms. The van der Waals surface area contributed by atoms with Crippen molar-refractivity contribution in [2.75, 3.05) is 17.6 Å². The van der Waals surface area contributed by atoms with E-state index in [0.717, 1.165) is 23.4 Å². The van der Waals surface area contributed by atoms with Crippen LogP contribution < -0.4 is 11.1 Å². The molecule has 1 aromatic rings. The van der Waals surface area contributed by atoms with Gasteiger partial charge < -0.3 is 11.1 Å². The van der Waals surface area contributed by atoms with Gasteiger partial charge in [0.25, 0.3) is 0 Å². The highest BCUT2D eigenvalue weighted by molar-refractivity contribution is 7.10. The van der Waals surface area contributed by atoms with Gasteiger partial charge in [-0.2, -0.15) is 9.64 Å². The van der Waals surface area contributed by atoms with E-state index in [4.69, 9.17) is 11.0 Å². The smallest absolute Gasteiger partial charge is 0.157 e. The van der Waals surface area contributed by atoms with Gasteiger partial charge in [-0.05, 0) is 36.2 Å². The molecular formula is C11H16N4S. The molecular weight excluding hydrogens is 220 g/mol. The lowest BCUT2D eigenvalue weighted by Crippen LogP contribution is -2.11. The van der Waals surface area contributed by atoms with Crippen molar-refractivity contribution in [1.29, 1.82) is 5.26 Å². The Morgan fingerprint density at radius 2 is 2.44 bits per heavy atom. The number of rotatable bonds is 3. The van der Waals surface area contributed by atoms with Gasteiger partial charge in [0.05, 0.1) is 0 Å². The lowest BCUT2D eigenvalue weighted by Gasteiger charge is -2.10. The molecule has 1 heterocycles. The zero-order valence-electron chi connectivity index (χ0n) is 9.36. The van der Waals surface area contributed by atoms with Crippen molar-refractivity contribution < 1.29 is 0 Å². The highest BCUT2D eigenvalue weighted by Crippen LogP contribution is 2.32. The molecule has 4 nitrogen and oxygen atoms in total. The van der Waals surface area contributed by atoms with Crippen LogP contribution in [0.15, 0.2) is 0 Å². The normalized spacial score (nSPS) is 24.2. The Morgan fingerprint density at radius 1 is 1.62 bits per heavy atom. The molecule has 2 atom stereocenters. The van der Waals surface area contributed by atoms with Gasteiger partial charge in [0, 0.05) is 6.54 Å². The van der Waals surface area contributed by atoms with Gasteiger partial charge in [0.15, 0.2) is 5.82 Å². The second-order valence-electron chi connectivity index (χ2n) is 4.55. The summed E-state index contributed by atoms with van der Waals surface area (Å²) in [5, 5.41) is 13.0. The van der Waals surface area contributed by atoms with E-state index in [-0.39, 0.29) is 0 Å². The molecule has 0 aromatic carbocycles. The molecule has 1 saturated carbocycles. The number of nitrogen functional groups attached to an aromatic ring is 1.